The van der Waals surface area contributed by atoms with Gasteiger partial charge in [0.1, 0.15) is 12.1 Å². The van der Waals surface area contributed by atoms with Crippen LogP contribution in [0.4, 0.5) is 11.4 Å². The Hall–Kier alpha value is -2.43. The molecule has 2 rings (SSSR count). The molecule has 5 nitrogen and oxygen atoms in total. The summed E-state index contributed by atoms with van der Waals surface area (Å²) in [4.78, 5) is 36.1. The van der Waals surface area contributed by atoms with Crippen LogP contribution < -0.4 is 10.6 Å². The molecule has 0 fully saturated rings. The third-order valence-electron chi connectivity index (χ3n) is 5.28. The molecule has 1 heterocycles. The largest absolute Gasteiger partial charge is 0.383 e. The minimum atomic E-state index is -0.684. The Morgan fingerprint density at radius 1 is 1.36 bits per heavy atom. The maximum Gasteiger partial charge on any atom is 0.162 e. The van der Waals surface area contributed by atoms with Crippen molar-refractivity contribution in [1.29, 1.82) is 0 Å². The second kappa shape index (κ2) is 8.72. The fraction of sp³-hybridized carbons (Fsp3) is 0.522. The van der Waals surface area contributed by atoms with E-state index < -0.39 is 11.3 Å². The van der Waals surface area contributed by atoms with E-state index in [0.717, 1.165) is 40.8 Å². The normalized spacial score (nSPS) is 18.3. The number of carbonyl (C=O) groups is 3. The highest BCUT2D eigenvalue weighted by Crippen LogP contribution is 2.38. The van der Waals surface area contributed by atoms with Gasteiger partial charge in [0.2, 0.25) is 0 Å². The second-order valence-electron chi connectivity index (χ2n) is 8.56. The minimum Gasteiger partial charge on any atom is -0.383 e. The molecule has 0 aliphatic carbocycles. The Bertz CT molecular complexity index is 793. The predicted octanol–water partition coefficient (Wildman–Crippen LogP) is 4.37. The monoisotopic (exact) mass is 384 g/mol. The van der Waals surface area contributed by atoms with Gasteiger partial charge in [0.05, 0.1) is 12.5 Å². The van der Waals surface area contributed by atoms with Crippen molar-refractivity contribution in [3.63, 3.8) is 0 Å². The molecule has 1 atom stereocenters. The van der Waals surface area contributed by atoms with E-state index >= 15 is 0 Å². The van der Waals surface area contributed by atoms with Crippen molar-refractivity contribution in [2.45, 2.75) is 65.3 Å². The maximum atomic E-state index is 12.5. The van der Waals surface area contributed by atoms with Crippen LogP contribution in [0.3, 0.4) is 0 Å². The first-order valence-corrected chi connectivity index (χ1v) is 9.93. The molecule has 1 aliphatic heterocycles. The van der Waals surface area contributed by atoms with E-state index in [0.29, 0.717) is 12.8 Å². The van der Waals surface area contributed by atoms with Gasteiger partial charge in [0, 0.05) is 28.4 Å². The lowest BCUT2D eigenvalue weighted by Crippen LogP contribution is -2.29. The highest BCUT2D eigenvalue weighted by atomic mass is 16.2. The van der Waals surface area contributed by atoms with Gasteiger partial charge in [-0.2, -0.15) is 0 Å². The molecule has 0 saturated carbocycles. The van der Waals surface area contributed by atoms with E-state index in [1.54, 1.807) is 0 Å². The highest BCUT2D eigenvalue weighted by molar-refractivity contribution is 6.03. The lowest BCUT2D eigenvalue weighted by molar-refractivity contribution is -0.130. The van der Waals surface area contributed by atoms with Crippen molar-refractivity contribution in [1.82, 2.24) is 0 Å². The van der Waals surface area contributed by atoms with Crippen LogP contribution in [-0.4, -0.2) is 30.4 Å². The number of carbonyl (C=O) groups excluding carboxylic acids is 3. The van der Waals surface area contributed by atoms with Crippen molar-refractivity contribution in [3.05, 3.63) is 29.8 Å². The summed E-state index contributed by atoms with van der Waals surface area (Å²) >= 11 is 0. The molecular weight excluding hydrogens is 352 g/mol. The Labute approximate surface area is 168 Å². The molecule has 0 radical (unpaired) electrons. The number of Topliss-reactive ketones (excluding diaryl/α,β-unsaturated/α-hetero) is 2. The van der Waals surface area contributed by atoms with E-state index in [1.807, 2.05) is 26.0 Å². The van der Waals surface area contributed by atoms with E-state index in [2.05, 4.69) is 31.1 Å². The van der Waals surface area contributed by atoms with Crippen LogP contribution in [0, 0.1) is 5.92 Å². The average molecular weight is 385 g/mol. The third-order valence-corrected chi connectivity index (χ3v) is 5.28. The maximum absolute atomic E-state index is 12.5. The number of benzene rings is 1. The number of ketones is 2. The van der Waals surface area contributed by atoms with Crippen LogP contribution in [0.15, 0.2) is 18.7 Å². The van der Waals surface area contributed by atoms with Crippen LogP contribution in [0.5, 0.6) is 0 Å². The van der Waals surface area contributed by atoms with Gasteiger partial charge in [-0.05, 0) is 77.2 Å². The van der Waals surface area contributed by atoms with Crippen LogP contribution in [0.25, 0.3) is 5.57 Å². The van der Waals surface area contributed by atoms with Crippen molar-refractivity contribution >= 4 is 34.8 Å². The summed E-state index contributed by atoms with van der Waals surface area (Å²) in [6.07, 6.45) is 2.94. The molecule has 1 aromatic rings. The smallest absolute Gasteiger partial charge is 0.162 e. The lowest BCUT2D eigenvalue weighted by Gasteiger charge is -2.27. The number of aldehydes is 1. The van der Waals surface area contributed by atoms with Gasteiger partial charge >= 0.3 is 0 Å². The van der Waals surface area contributed by atoms with E-state index in [9.17, 15) is 14.4 Å². The Morgan fingerprint density at radius 3 is 2.61 bits per heavy atom. The van der Waals surface area contributed by atoms with Gasteiger partial charge in [0.15, 0.2) is 5.78 Å². The fourth-order valence-corrected chi connectivity index (χ4v) is 3.62. The summed E-state index contributed by atoms with van der Waals surface area (Å²) in [5.74, 6) is -0.737. The molecule has 0 spiro atoms. The van der Waals surface area contributed by atoms with E-state index in [1.165, 1.54) is 6.92 Å². The van der Waals surface area contributed by atoms with Crippen LogP contribution in [-0.2, 0) is 19.8 Å². The third kappa shape index (κ3) is 4.89. The summed E-state index contributed by atoms with van der Waals surface area (Å²) in [6, 6.07) is 4.18. The second-order valence-corrected chi connectivity index (χ2v) is 8.56. The standard InChI is InChI=1S/C23H32N2O3/c1-14(2)25-21-10-18-15(3)8-7-9-17(16(4)27)22(28)12-24-20(18)11-19(21)23(5,6)13-26/h10-11,13-14,17,24-25H,3,7-9,12H2,1-2,4-6H3. The van der Waals surface area contributed by atoms with E-state index in [-0.39, 0.29) is 24.2 Å². The molecule has 1 unspecified atom stereocenters. The number of nitrogens with one attached hydrogen (secondary N) is 2. The first-order chi connectivity index (χ1) is 13.1. The summed E-state index contributed by atoms with van der Waals surface area (Å²) in [6.45, 7) is 13.7. The first-order valence-electron chi connectivity index (χ1n) is 9.93. The lowest BCUT2D eigenvalue weighted by atomic mass is 9.82. The van der Waals surface area contributed by atoms with Crippen molar-refractivity contribution < 1.29 is 14.4 Å². The zero-order valence-corrected chi connectivity index (χ0v) is 17.6. The number of anilines is 2. The topological polar surface area (TPSA) is 75.3 Å². The summed E-state index contributed by atoms with van der Waals surface area (Å²) in [5, 5.41) is 6.65. The van der Waals surface area contributed by atoms with Gasteiger partial charge in [-0.1, -0.05) is 6.58 Å². The molecule has 5 heteroatoms. The summed E-state index contributed by atoms with van der Waals surface area (Å²) < 4.78 is 0. The fourth-order valence-electron chi connectivity index (χ4n) is 3.62. The van der Waals surface area contributed by atoms with E-state index in [4.69, 9.17) is 0 Å². The van der Waals surface area contributed by atoms with Crippen LogP contribution in [0.2, 0.25) is 0 Å². The SMILES string of the molecule is C=C1CCCC(C(C)=O)C(=O)CNc2cc(C(C)(C)C=O)c(NC(C)C)cc21. The highest BCUT2D eigenvalue weighted by Gasteiger charge is 2.28. The van der Waals surface area contributed by atoms with Gasteiger partial charge in [-0.3, -0.25) is 9.59 Å². The molecule has 2 N–H and O–H groups in total. The zero-order valence-electron chi connectivity index (χ0n) is 17.6. The molecule has 0 saturated heterocycles. The number of hydrogen-bond acceptors (Lipinski definition) is 5. The minimum absolute atomic E-state index is 0.0857. The summed E-state index contributed by atoms with van der Waals surface area (Å²) in [5.41, 5.74) is 3.77. The van der Waals surface area contributed by atoms with Gasteiger partial charge in [0.25, 0.3) is 0 Å². The van der Waals surface area contributed by atoms with Crippen molar-refractivity contribution in [2.75, 3.05) is 17.2 Å². The number of rotatable bonds is 5. The number of fused-ring (bicyclic) bond motifs is 1. The number of hydrogen-bond donors (Lipinski definition) is 2. The molecular formula is C23H32N2O3. The molecule has 0 bridgehead atoms. The quantitative estimate of drug-likeness (QED) is 0.582. The Morgan fingerprint density at radius 2 is 2.04 bits per heavy atom. The molecule has 28 heavy (non-hydrogen) atoms. The average Bonchev–Trinajstić information content (AvgIpc) is 2.61. The molecule has 1 aromatic carbocycles. The first kappa shape index (κ1) is 21.9. The van der Waals surface area contributed by atoms with Gasteiger partial charge in [-0.15, -0.1) is 0 Å². The van der Waals surface area contributed by atoms with Gasteiger partial charge < -0.3 is 15.4 Å². The zero-order chi connectivity index (χ0) is 21.1. The number of allylic oxidation sites excluding steroid dienone is 1. The predicted molar refractivity (Wildman–Crippen MR) is 115 cm³/mol. The Balaban J connectivity index is 2.56. The molecule has 1 aliphatic rings. The van der Waals surface area contributed by atoms with Crippen LogP contribution in [0.1, 0.15) is 65.0 Å². The molecule has 0 aromatic heterocycles. The Kier molecular flexibility index (Phi) is 6.81. The van der Waals surface area contributed by atoms with Crippen LogP contribution >= 0.6 is 0 Å². The van der Waals surface area contributed by atoms with Gasteiger partial charge in [-0.25, -0.2) is 0 Å². The summed E-state index contributed by atoms with van der Waals surface area (Å²) in [7, 11) is 0. The molecule has 0 amide bonds. The molecule has 152 valence electrons. The van der Waals surface area contributed by atoms with Crippen molar-refractivity contribution in [2.24, 2.45) is 5.92 Å². The van der Waals surface area contributed by atoms with Crippen molar-refractivity contribution in [3.8, 4) is 0 Å².